The number of benzene rings is 2. The van der Waals surface area contributed by atoms with Crippen LogP contribution < -0.4 is 9.64 Å². The van der Waals surface area contributed by atoms with Gasteiger partial charge >= 0.3 is 0 Å². The Morgan fingerprint density at radius 2 is 1.85 bits per heavy atom. The van der Waals surface area contributed by atoms with Gasteiger partial charge in [-0.1, -0.05) is 57.7 Å². The van der Waals surface area contributed by atoms with Crippen molar-refractivity contribution < 1.29 is 29.1 Å². The van der Waals surface area contributed by atoms with Gasteiger partial charge in [-0.3, -0.25) is 9.59 Å². The summed E-state index contributed by atoms with van der Waals surface area (Å²) in [5.41, 5.74) is 3.35. The van der Waals surface area contributed by atoms with Gasteiger partial charge in [0.15, 0.2) is 0 Å². The van der Waals surface area contributed by atoms with E-state index in [1.54, 1.807) is 29.2 Å². The zero-order chi connectivity index (χ0) is 28.2. The number of quaternary nitrogens is 1. The second-order valence-electron chi connectivity index (χ2n) is 11.4. The van der Waals surface area contributed by atoms with E-state index in [1.165, 1.54) is 4.90 Å². The molecule has 2 N–H and O–H groups in total. The van der Waals surface area contributed by atoms with Crippen LogP contribution in [0.15, 0.2) is 60.7 Å². The van der Waals surface area contributed by atoms with Crippen molar-refractivity contribution in [3.05, 3.63) is 82.9 Å². The van der Waals surface area contributed by atoms with Gasteiger partial charge in [0.05, 0.1) is 31.4 Å². The molecular weight excluding hydrogens is 492 g/mol. The minimum absolute atomic E-state index is 0.0335. The third kappa shape index (κ3) is 6.43. The lowest BCUT2D eigenvalue weighted by atomic mass is 9.85. The summed E-state index contributed by atoms with van der Waals surface area (Å²) < 4.78 is 11.1. The Balaban J connectivity index is 1.70. The predicted octanol–water partition coefficient (Wildman–Crippen LogP) is 3.58. The van der Waals surface area contributed by atoms with Gasteiger partial charge in [0.2, 0.25) is 0 Å². The summed E-state index contributed by atoms with van der Waals surface area (Å²) in [5.74, 6) is -0.716. The Kier molecular flexibility index (Phi) is 8.93. The summed E-state index contributed by atoms with van der Waals surface area (Å²) in [6.45, 7) is 17.1. The molecule has 0 saturated carbocycles. The van der Waals surface area contributed by atoms with Crippen LogP contribution in [0.3, 0.4) is 0 Å². The predicted molar refractivity (Wildman–Crippen MR) is 152 cm³/mol. The van der Waals surface area contributed by atoms with Crippen LogP contribution in [-0.4, -0.2) is 67.7 Å². The van der Waals surface area contributed by atoms with Crippen molar-refractivity contribution in [3.63, 3.8) is 0 Å². The fourth-order valence-electron chi connectivity index (χ4n) is 5.29. The molecule has 7 nitrogen and oxygen atoms in total. The molecule has 2 aliphatic rings. The molecule has 2 aromatic carbocycles. The summed E-state index contributed by atoms with van der Waals surface area (Å²) in [6.07, 6.45) is 2.42. The Morgan fingerprint density at radius 3 is 2.46 bits per heavy atom. The number of morpholine rings is 1. The van der Waals surface area contributed by atoms with Gasteiger partial charge in [0.25, 0.3) is 11.7 Å². The third-order valence-corrected chi connectivity index (χ3v) is 7.57. The van der Waals surface area contributed by atoms with Crippen LogP contribution >= 0.6 is 0 Å². The van der Waals surface area contributed by atoms with Crippen LogP contribution in [0.25, 0.3) is 5.76 Å². The highest BCUT2D eigenvalue weighted by Crippen LogP contribution is 2.40. The number of likely N-dealkylation sites (tertiary alicyclic amines) is 1. The van der Waals surface area contributed by atoms with Gasteiger partial charge in [-0.05, 0) is 47.2 Å². The lowest BCUT2D eigenvalue weighted by molar-refractivity contribution is -0.908. The first-order valence-electron chi connectivity index (χ1n) is 13.8. The van der Waals surface area contributed by atoms with E-state index in [1.807, 2.05) is 31.2 Å². The lowest BCUT2D eigenvalue weighted by Crippen LogP contribution is -3.14. The zero-order valence-corrected chi connectivity index (χ0v) is 23.6. The molecule has 1 atom stereocenters. The maximum atomic E-state index is 13.4. The van der Waals surface area contributed by atoms with Crippen molar-refractivity contribution in [2.45, 2.75) is 45.6 Å². The quantitative estimate of drug-likeness (QED) is 0.223. The molecule has 39 heavy (non-hydrogen) atoms. The molecule has 0 aliphatic carbocycles. The maximum absolute atomic E-state index is 13.4. The molecule has 0 aromatic heterocycles. The van der Waals surface area contributed by atoms with E-state index >= 15 is 0 Å². The molecule has 0 radical (unpaired) electrons. The summed E-state index contributed by atoms with van der Waals surface area (Å²) in [4.78, 5) is 29.9. The number of hydrogen-bond acceptors (Lipinski definition) is 5. The number of ether oxygens (including phenoxy) is 2. The largest absolute Gasteiger partial charge is 0.507 e. The van der Waals surface area contributed by atoms with Crippen molar-refractivity contribution in [1.82, 2.24) is 4.90 Å². The second kappa shape index (κ2) is 12.2. The molecule has 7 heteroatoms. The molecule has 0 spiro atoms. The first kappa shape index (κ1) is 28.6. The molecule has 2 fully saturated rings. The van der Waals surface area contributed by atoms with Crippen LogP contribution in [0, 0.1) is 6.92 Å². The normalized spacial score (nSPS) is 19.9. The molecule has 2 saturated heterocycles. The zero-order valence-electron chi connectivity index (χ0n) is 23.6. The maximum Gasteiger partial charge on any atom is 0.295 e. The van der Waals surface area contributed by atoms with E-state index in [2.05, 4.69) is 27.4 Å². The highest BCUT2D eigenvalue weighted by atomic mass is 16.5. The van der Waals surface area contributed by atoms with Gasteiger partial charge in [-0.2, -0.15) is 0 Å². The lowest BCUT2D eigenvalue weighted by Gasteiger charge is -2.28. The number of aryl methyl sites for hydroxylation is 1. The van der Waals surface area contributed by atoms with Gasteiger partial charge < -0.3 is 24.4 Å². The Labute approximate surface area is 231 Å². The van der Waals surface area contributed by atoms with Gasteiger partial charge in [-0.25, -0.2) is 0 Å². The van der Waals surface area contributed by atoms with E-state index in [4.69, 9.17) is 9.47 Å². The van der Waals surface area contributed by atoms with Gasteiger partial charge in [0.1, 0.15) is 31.2 Å². The summed E-state index contributed by atoms with van der Waals surface area (Å²) in [7, 11) is 0. The second-order valence-corrected chi connectivity index (χ2v) is 11.4. The molecule has 0 bridgehead atoms. The summed E-state index contributed by atoms with van der Waals surface area (Å²) in [6, 6.07) is 12.6. The summed E-state index contributed by atoms with van der Waals surface area (Å²) in [5, 5.41) is 11.5. The molecule has 1 amide bonds. The first-order chi connectivity index (χ1) is 18.6. The number of aliphatic hydroxyl groups excluding tert-OH is 1. The number of nitrogens with zero attached hydrogens (tertiary/aromatic N) is 1. The van der Waals surface area contributed by atoms with E-state index in [9.17, 15) is 14.7 Å². The molecule has 2 aromatic rings. The highest BCUT2D eigenvalue weighted by Gasteiger charge is 2.46. The molecule has 2 aliphatic heterocycles. The molecule has 208 valence electrons. The van der Waals surface area contributed by atoms with E-state index < -0.39 is 17.7 Å². The Hall–Kier alpha value is -3.42. The van der Waals surface area contributed by atoms with Crippen LogP contribution in [-0.2, 0) is 19.7 Å². The number of carbonyl (C=O) groups is 2. The number of nitrogens with one attached hydrogen (secondary N) is 1. The van der Waals surface area contributed by atoms with Crippen molar-refractivity contribution in [2.75, 3.05) is 46.0 Å². The van der Waals surface area contributed by atoms with Gasteiger partial charge in [0, 0.05) is 18.5 Å². The fraction of sp³-hybridized carbons (Fsp3) is 0.438. The fourth-order valence-corrected chi connectivity index (χ4v) is 5.29. The van der Waals surface area contributed by atoms with Crippen molar-refractivity contribution in [2.24, 2.45) is 0 Å². The van der Waals surface area contributed by atoms with Crippen LogP contribution in [0.5, 0.6) is 5.75 Å². The van der Waals surface area contributed by atoms with E-state index in [0.29, 0.717) is 24.5 Å². The average molecular weight is 534 g/mol. The molecular formula is C32H41N2O5+. The third-order valence-electron chi connectivity index (χ3n) is 7.57. The van der Waals surface area contributed by atoms with Crippen molar-refractivity contribution >= 4 is 17.4 Å². The number of ketones is 1. The monoisotopic (exact) mass is 533 g/mol. The number of carbonyl (C=O) groups excluding carboxylic acids is 2. The first-order valence-corrected chi connectivity index (χ1v) is 13.8. The van der Waals surface area contributed by atoms with E-state index in [0.717, 1.165) is 56.0 Å². The Bertz CT molecular complexity index is 1240. The topological polar surface area (TPSA) is 80.5 Å². The van der Waals surface area contributed by atoms with E-state index in [-0.39, 0.29) is 16.7 Å². The SMILES string of the molecule is C=CCOc1ccc(C(O)=C2C(=O)C(=O)N(CCC[NH+]3CCOCC3)[C@@H]2c2ccc(C(C)(C)C)cc2)cc1C. The molecule has 2 heterocycles. The minimum atomic E-state index is -0.657. The molecule has 4 rings (SSSR count). The van der Waals surface area contributed by atoms with Gasteiger partial charge in [-0.15, -0.1) is 0 Å². The van der Waals surface area contributed by atoms with Crippen LogP contribution in [0.1, 0.15) is 55.5 Å². The highest BCUT2D eigenvalue weighted by molar-refractivity contribution is 6.46. The molecule has 0 unspecified atom stereocenters. The number of hydrogen-bond donors (Lipinski definition) is 2. The summed E-state index contributed by atoms with van der Waals surface area (Å²) >= 11 is 0. The number of aliphatic hydroxyl groups is 1. The van der Waals surface area contributed by atoms with Crippen molar-refractivity contribution in [3.8, 4) is 5.75 Å². The number of rotatable bonds is 9. The number of Topliss-reactive ketones (excluding diaryl/α,β-unsaturated/α-hetero) is 1. The minimum Gasteiger partial charge on any atom is -0.507 e. The number of amides is 1. The van der Waals surface area contributed by atoms with Crippen LogP contribution in [0.4, 0.5) is 0 Å². The standard InChI is InChI=1S/C32H40N2O5/c1-6-18-39-26-13-10-24(21-22(26)2)29(35)27-28(23-8-11-25(12-9-23)32(3,4)5)34(31(37)30(27)36)15-7-14-33-16-19-38-20-17-33/h6,8-13,21,28,35H,1,7,14-20H2,2-5H3/p+1/t28-/m1/s1. The van der Waals surface area contributed by atoms with Crippen LogP contribution in [0.2, 0.25) is 0 Å². The average Bonchev–Trinajstić information content (AvgIpc) is 3.17. The van der Waals surface area contributed by atoms with Crippen molar-refractivity contribution in [1.29, 1.82) is 0 Å². The Morgan fingerprint density at radius 1 is 1.15 bits per heavy atom. The smallest absolute Gasteiger partial charge is 0.295 e.